The van der Waals surface area contributed by atoms with Crippen LogP contribution in [-0.2, 0) is 0 Å². The molecule has 0 aliphatic rings. The Labute approximate surface area is 112 Å². The second-order valence-corrected chi connectivity index (χ2v) is 4.79. The molecule has 19 heavy (non-hydrogen) atoms. The van der Waals surface area contributed by atoms with Crippen LogP contribution in [-0.4, -0.2) is 17.1 Å². The van der Waals surface area contributed by atoms with Crippen LogP contribution in [0.1, 0.15) is 11.1 Å². The summed E-state index contributed by atoms with van der Waals surface area (Å²) in [5.74, 6) is 1.76. The second kappa shape index (κ2) is 4.43. The fraction of sp³-hybridized carbons (Fsp3) is 0.188. The van der Waals surface area contributed by atoms with Gasteiger partial charge in [-0.2, -0.15) is 0 Å². The first-order chi connectivity index (χ1) is 9.17. The van der Waals surface area contributed by atoms with E-state index in [4.69, 9.17) is 4.74 Å². The number of fused-ring (bicyclic) bond motifs is 1. The van der Waals surface area contributed by atoms with Gasteiger partial charge < -0.3 is 9.72 Å². The number of aromatic nitrogens is 2. The lowest BCUT2D eigenvalue weighted by atomic mass is 10.1. The quantitative estimate of drug-likeness (QED) is 0.752. The van der Waals surface area contributed by atoms with E-state index in [1.54, 1.807) is 7.11 Å². The van der Waals surface area contributed by atoms with Gasteiger partial charge >= 0.3 is 0 Å². The molecule has 0 fully saturated rings. The molecule has 0 aliphatic carbocycles. The maximum Gasteiger partial charge on any atom is 0.138 e. The van der Waals surface area contributed by atoms with Crippen LogP contribution in [0.3, 0.4) is 0 Å². The number of hydrogen-bond acceptors (Lipinski definition) is 2. The van der Waals surface area contributed by atoms with Crippen LogP contribution < -0.4 is 4.74 Å². The number of imidazole rings is 1. The molecule has 1 heterocycles. The summed E-state index contributed by atoms with van der Waals surface area (Å²) in [6.07, 6.45) is 0. The smallest absolute Gasteiger partial charge is 0.138 e. The van der Waals surface area contributed by atoms with Crippen molar-refractivity contribution in [1.29, 1.82) is 0 Å². The minimum Gasteiger partial charge on any atom is -0.496 e. The third kappa shape index (κ3) is 2.08. The molecular formula is C16H16N2O. The van der Waals surface area contributed by atoms with Gasteiger partial charge in [0, 0.05) is 5.56 Å². The minimum atomic E-state index is 0.874. The average molecular weight is 252 g/mol. The van der Waals surface area contributed by atoms with Gasteiger partial charge in [0.15, 0.2) is 0 Å². The third-order valence-electron chi connectivity index (χ3n) is 3.32. The van der Waals surface area contributed by atoms with Crippen molar-refractivity contribution in [3.8, 4) is 17.1 Å². The Morgan fingerprint density at radius 2 is 1.89 bits per heavy atom. The molecule has 2 aromatic carbocycles. The van der Waals surface area contributed by atoms with Crippen LogP contribution in [0.25, 0.3) is 22.4 Å². The van der Waals surface area contributed by atoms with Gasteiger partial charge in [-0.05, 0) is 43.2 Å². The zero-order valence-electron chi connectivity index (χ0n) is 11.3. The minimum absolute atomic E-state index is 0.874. The molecule has 0 radical (unpaired) electrons. The Morgan fingerprint density at radius 1 is 1.05 bits per heavy atom. The van der Waals surface area contributed by atoms with Gasteiger partial charge in [0.1, 0.15) is 11.6 Å². The molecule has 3 heteroatoms. The maximum absolute atomic E-state index is 5.36. The zero-order valence-corrected chi connectivity index (χ0v) is 11.3. The van der Waals surface area contributed by atoms with Crippen molar-refractivity contribution >= 4 is 11.0 Å². The summed E-state index contributed by atoms with van der Waals surface area (Å²) in [4.78, 5) is 7.97. The van der Waals surface area contributed by atoms with Gasteiger partial charge in [-0.1, -0.05) is 18.2 Å². The van der Waals surface area contributed by atoms with Crippen LogP contribution in [0.5, 0.6) is 5.75 Å². The molecule has 0 saturated carbocycles. The van der Waals surface area contributed by atoms with Crippen LogP contribution in [0, 0.1) is 13.8 Å². The molecule has 0 aliphatic heterocycles. The summed E-state index contributed by atoms with van der Waals surface area (Å²) in [5.41, 5.74) is 5.44. The lowest BCUT2D eigenvalue weighted by molar-refractivity contribution is 0.412. The van der Waals surface area contributed by atoms with Gasteiger partial charge in [0.25, 0.3) is 0 Å². The van der Waals surface area contributed by atoms with Crippen LogP contribution in [0.2, 0.25) is 0 Å². The topological polar surface area (TPSA) is 37.9 Å². The zero-order chi connectivity index (χ0) is 13.4. The van der Waals surface area contributed by atoms with E-state index in [9.17, 15) is 0 Å². The van der Waals surface area contributed by atoms with Crippen LogP contribution >= 0.6 is 0 Å². The number of methoxy groups -OCH3 is 1. The molecule has 0 atom stereocenters. The summed E-state index contributed by atoms with van der Waals surface area (Å²) in [6, 6.07) is 12.3. The summed E-state index contributed by atoms with van der Waals surface area (Å²) in [5, 5.41) is 0. The van der Waals surface area contributed by atoms with Gasteiger partial charge in [-0.15, -0.1) is 0 Å². The first-order valence-electron chi connectivity index (χ1n) is 6.29. The fourth-order valence-electron chi connectivity index (χ4n) is 2.23. The van der Waals surface area contributed by atoms with Crippen molar-refractivity contribution in [2.45, 2.75) is 13.8 Å². The van der Waals surface area contributed by atoms with Gasteiger partial charge in [0.2, 0.25) is 0 Å². The van der Waals surface area contributed by atoms with E-state index in [-0.39, 0.29) is 0 Å². The number of aromatic amines is 1. The number of rotatable bonds is 2. The molecule has 3 nitrogen and oxygen atoms in total. The van der Waals surface area contributed by atoms with E-state index < -0.39 is 0 Å². The lowest BCUT2D eigenvalue weighted by Gasteiger charge is -2.05. The highest BCUT2D eigenvalue weighted by Gasteiger charge is 2.07. The van der Waals surface area contributed by atoms with Crippen molar-refractivity contribution in [3.63, 3.8) is 0 Å². The van der Waals surface area contributed by atoms with E-state index in [2.05, 4.69) is 35.1 Å². The Kier molecular flexibility index (Phi) is 2.75. The highest BCUT2D eigenvalue weighted by atomic mass is 16.5. The average Bonchev–Trinajstić information content (AvgIpc) is 2.82. The number of aryl methyl sites for hydroxylation is 2. The summed E-state index contributed by atoms with van der Waals surface area (Å²) in [6.45, 7) is 4.11. The molecule has 0 bridgehead atoms. The van der Waals surface area contributed by atoms with Crippen LogP contribution in [0.15, 0.2) is 36.4 Å². The molecule has 0 spiro atoms. The normalized spacial score (nSPS) is 10.9. The number of hydrogen-bond donors (Lipinski definition) is 1. The largest absolute Gasteiger partial charge is 0.496 e. The number of nitrogens with zero attached hydrogens (tertiary/aromatic N) is 1. The Bertz CT molecular complexity index is 744. The number of benzene rings is 2. The van der Waals surface area contributed by atoms with Crippen molar-refractivity contribution in [1.82, 2.24) is 9.97 Å². The summed E-state index contributed by atoms with van der Waals surface area (Å²) < 4.78 is 5.36. The molecule has 1 N–H and O–H groups in total. The highest BCUT2D eigenvalue weighted by Crippen LogP contribution is 2.26. The van der Waals surface area contributed by atoms with Gasteiger partial charge in [0.05, 0.1) is 18.1 Å². The predicted molar refractivity (Wildman–Crippen MR) is 77.6 cm³/mol. The third-order valence-corrected chi connectivity index (χ3v) is 3.32. The summed E-state index contributed by atoms with van der Waals surface area (Å²) in [7, 11) is 1.69. The monoisotopic (exact) mass is 252 g/mol. The fourth-order valence-corrected chi connectivity index (χ4v) is 2.23. The van der Waals surface area contributed by atoms with Crippen LogP contribution in [0.4, 0.5) is 0 Å². The molecule has 1 aromatic heterocycles. The first kappa shape index (κ1) is 11.8. The van der Waals surface area contributed by atoms with Gasteiger partial charge in [-0.25, -0.2) is 4.98 Å². The van der Waals surface area contributed by atoms with Crippen molar-refractivity contribution in [2.75, 3.05) is 7.11 Å². The Balaban J connectivity index is 2.13. The summed E-state index contributed by atoms with van der Waals surface area (Å²) >= 11 is 0. The van der Waals surface area contributed by atoms with E-state index in [0.29, 0.717) is 0 Å². The molecule has 0 saturated heterocycles. The first-order valence-corrected chi connectivity index (χ1v) is 6.29. The van der Waals surface area contributed by atoms with Gasteiger partial charge in [-0.3, -0.25) is 0 Å². The lowest BCUT2D eigenvalue weighted by Crippen LogP contribution is -1.88. The molecule has 3 aromatic rings. The predicted octanol–water partition coefficient (Wildman–Crippen LogP) is 3.86. The SMILES string of the molecule is COc1cc(-c2nc3ccc(C)cc3[nH]2)ccc1C. The number of nitrogens with one attached hydrogen (secondary N) is 1. The van der Waals surface area contributed by atoms with Crippen molar-refractivity contribution < 1.29 is 4.74 Å². The van der Waals surface area contributed by atoms with E-state index >= 15 is 0 Å². The highest BCUT2D eigenvalue weighted by molar-refractivity contribution is 5.80. The second-order valence-electron chi connectivity index (χ2n) is 4.79. The van der Waals surface area contributed by atoms with E-state index in [1.165, 1.54) is 5.56 Å². The number of ether oxygens (including phenoxy) is 1. The van der Waals surface area contributed by atoms with Crippen molar-refractivity contribution in [3.05, 3.63) is 47.5 Å². The molecular weight excluding hydrogens is 236 g/mol. The standard InChI is InChI=1S/C16H16N2O/c1-10-4-7-13-14(8-10)18-16(17-13)12-6-5-11(2)15(9-12)19-3/h4-9H,1-3H3,(H,17,18). The Morgan fingerprint density at radius 3 is 2.68 bits per heavy atom. The van der Waals surface area contributed by atoms with Crippen molar-refractivity contribution in [2.24, 2.45) is 0 Å². The van der Waals surface area contributed by atoms with E-state index in [1.807, 2.05) is 25.1 Å². The molecule has 3 rings (SSSR count). The Hall–Kier alpha value is -2.29. The molecule has 0 unspecified atom stereocenters. The van der Waals surface area contributed by atoms with E-state index in [0.717, 1.165) is 33.7 Å². The number of H-pyrrole nitrogens is 1. The molecule has 96 valence electrons. The maximum atomic E-state index is 5.36. The molecule has 0 amide bonds.